The average Bonchev–Trinajstić information content (AvgIpc) is 2.49. The SMILES string of the molecule is Fc1ccc(-c2ncccc2-c2ccncn2)cc1. The molecule has 0 saturated heterocycles. The lowest BCUT2D eigenvalue weighted by atomic mass is 10.0. The van der Waals surface area contributed by atoms with Gasteiger partial charge in [-0.05, 0) is 42.5 Å². The second kappa shape index (κ2) is 4.94. The fourth-order valence-corrected chi connectivity index (χ4v) is 1.90. The second-order valence-electron chi connectivity index (χ2n) is 4.00. The van der Waals surface area contributed by atoms with Gasteiger partial charge in [0.15, 0.2) is 0 Å². The highest BCUT2D eigenvalue weighted by Crippen LogP contribution is 2.28. The number of hydrogen-bond acceptors (Lipinski definition) is 3. The van der Waals surface area contributed by atoms with Gasteiger partial charge in [0.1, 0.15) is 12.1 Å². The molecule has 0 aliphatic heterocycles. The molecule has 3 rings (SSSR count). The smallest absolute Gasteiger partial charge is 0.123 e. The van der Waals surface area contributed by atoms with Crippen LogP contribution in [0, 0.1) is 5.82 Å². The highest BCUT2D eigenvalue weighted by atomic mass is 19.1. The quantitative estimate of drug-likeness (QED) is 0.701. The van der Waals surface area contributed by atoms with Gasteiger partial charge in [-0.3, -0.25) is 4.98 Å². The number of rotatable bonds is 2. The number of nitrogens with zero attached hydrogens (tertiary/aromatic N) is 3. The van der Waals surface area contributed by atoms with Crippen LogP contribution in [-0.2, 0) is 0 Å². The molecule has 0 unspecified atom stereocenters. The van der Waals surface area contributed by atoms with Gasteiger partial charge < -0.3 is 0 Å². The van der Waals surface area contributed by atoms with Crippen LogP contribution in [0.25, 0.3) is 22.5 Å². The third-order valence-electron chi connectivity index (χ3n) is 2.78. The molecule has 4 heteroatoms. The Labute approximate surface area is 109 Å². The maximum absolute atomic E-state index is 13.0. The molecule has 0 atom stereocenters. The van der Waals surface area contributed by atoms with Crippen molar-refractivity contribution in [3.8, 4) is 22.5 Å². The summed E-state index contributed by atoms with van der Waals surface area (Å²) in [7, 11) is 0. The summed E-state index contributed by atoms with van der Waals surface area (Å²) < 4.78 is 13.0. The number of aromatic nitrogens is 3. The van der Waals surface area contributed by atoms with E-state index in [0.29, 0.717) is 0 Å². The number of benzene rings is 1. The Balaban J connectivity index is 2.15. The number of hydrogen-bond donors (Lipinski definition) is 0. The highest BCUT2D eigenvalue weighted by molar-refractivity contribution is 5.78. The van der Waals surface area contributed by atoms with Crippen molar-refractivity contribution in [1.82, 2.24) is 15.0 Å². The summed E-state index contributed by atoms with van der Waals surface area (Å²) in [5.74, 6) is -0.261. The standard InChI is InChI=1S/C15H10FN3/c16-12-5-3-11(4-6-12)15-13(2-1-8-18-15)14-7-9-17-10-19-14/h1-10H. The average molecular weight is 251 g/mol. The lowest BCUT2D eigenvalue weighted by Gasteiger charge is -2.07. The van der Waals surface area contributed by atoms with Gasteiger partial charge in [0.2, 0.25) is 0 Å². The van der Waals surface area contributed by atoms with Crippen molar-refractivity contribution in [3.05, 3.63) is 67.0 Å². The third kappa shape index (κ3) is 2.33. The van der Waals surface area contributed by atoms with E-state index >= 15 is 0 Å². The molecule has 0 saturated carbocycles. The normalized spacial score (nSPS) is 10.4. The van der Waals surface area contributed by atoms with E-state index in [1.165, 1.54) is 18.5 Å². The van der Waals surface area contributed by atoms with Gasteiger partial charge in [-0.15, -0.1) is 0 Å². The van der Waals surface area contributed by atoms with E-state index in [-0.39, 0.29) is 5.82 Å². The minimum Gasteiger partial charge on any atom is -0.256 e. The van der Waals surface area contributed by atoms with Crippen molar-refractivity contribution in [1.29, 1.82) is 0 Å². The Morgan fingerprint density at radius 3 is 2.42 bits per heavy atom. The fraction of sp³-hybridized carbons (Fsp3) is 0. The zero-order chi connectivity index (χ0) is 13.1. The highest BCUT2D eigenvalue weighted by Gasteiger charge is 2.09. The van der Waals surface area contributed by atoms with Crippen LogP contribution in [0.5, 0.6) is 0 Å². The largest absolute Gasteiger partial charge is 0.256 e. The molecule has 0 spiro atoms. The Morgan fingerprint density at radius 2 is 1.68 bits per heavy atom. The van der Waals surface area contributed by atoms with E-state index < -0.39 is 0 Å². The van der Waals surface area contributed by atoms with Crippen molar-refractivity contribution in [2.45, 2.75) is 0 Å². The molecule has 92 valence electrons. The van der Waals surface area contributed by atoms with Crippen LogP contribution in [0.1, 0.15) is 0 Å². The van der Waals surface area contributed by atoms with Gasteiger partial charge in [0, 0.05) is 23.5 Å². The summed E-state index contributed by atoms with van der Waals surface area (Å²) in [5.41, 5.74) is 3.33. The summed E-state index contributed by atoms with van der Waals surface area (Å²) in [4.78, 5) is 12.5. The summed E-state index contributed by atoms with van der Waals surface area (Å²) in [6.07, 6.45) is 4.89. The zero-order valence-corrected chi connectivity index (χ0v) is 9.99. The zero-order valence-electron chi connectivity index (χ0n) is 9.99. The van der Waals surface area contributed by atoms with E-state index in [1.54, 1.807) is 24.5 Å². The molecule has 0 radical (unpaired) electrons. The van der Waals surface area contributed by atoms with E-state index in [0.717, 1.165) is 22.5 Å². The van der Waals surface area contributed by atoms with Gasteiger partial charge in [-0.2, -0.15) is 0 Å². The van der Waals surface area contributed by atoms with E-state index in [2.05, 4.69) is 15.0 Å². The maximum atomic E-state index is 13.0. The van der Waals surface area contributed by atoms with Crippen LogP contribution in [0.2, 0.25) is 0 Å². The number of halogens is 1. The van der Waals surface area contributed by atoms with Crippen LogP contribution in [-0.4, -0.2) is 15.0 Å². The molecule has 1 aromatic carbocycles. The van der Waals surface area contributed by atoms with Crippen LogP contribution in [0.15, 0.2) is 61.2 Å². The topological polar surface area (TPSA) is 38.7 Å². The molecule has 2 heterocycles. The van der Waals surface area contributed by atoms with Gasteiger partial charge in [-0.1, -0.05) is 0 Å². The lowest BCUT2D eigenvalue weighted by Crippen LogP contribution is -1.91. The van der Waals surface area contributed by atoms with Crippen LogP contribution < -0.4 is 0 Å². The summed E-state index contributed by atoms with van der Waals surface area (Å²) in [6.45, 7) is 0. The van der Waals surface area contributed by atoms with Gasteiger partial charge in [0.25, 0.3) is 0 Å². The monoisotopic (exact) mass is 251 g/mol. The Kier molecular flexibility index (Phi) is 2.98. The van der Waals surface area contributed by atoms with E-state index in [4.69, 9.17) is 0 Å². The first-order chi connectivity index (χ1) is 9.34. The predicted molar refractivity (Wildman–Crippen MR) is 70.7 cm³/mol. The first kappa shape index (κ1) is 11.5. The van der Waals surface area contributed by atoms with Crippen LogP contribution in [0.4, 0.5) is 4.39 Å². The minimum atomic E-state index is -0.261. The molecule has 19 heavy (non-hydrogen) atoms. The molecule has 3 nitrogen and oxygen atoms in total. The first-order valence-corrected chi connectivity index (χ1v) is 5.82. The first-order valence-electron chi connectivity index (χ1n) is 5.82. The van der Waals surface area contributed by atoms with Crippen molar-refractivity contribution in [2.75, 3.05) is 0 Å². The van der Waals surface area contributed by atoms with E-state index in [1.807, 2.05) is 18.2 Å². The van der Waals surface area contributed by atoms with Crippen molar-refractivity contribution >= 4 is 0 Å². The molecular weight excluding hydrogens is 241 g/mol. The molecule has 3 aromatic rings. The lowest BCUT2D eigenvalue weighted by molar-refractivity contribution is 0.628. The van der Waals surface area contributed by atoms with E-state index in [9.17, 15) is 4.39 Å². The molecule has 0 aliphatic rings. The van der Waals surface area contributed by atoms with Crippen molar-refractivity contribution in [2.24, 2.45) is 0 Å². The Morgan fingerprint density at radius 1 is 0.842 bits per heavy atom. The second-order valence-corrected chi connectivity index (χ2v) is 4.00. The van der Waals surface area contributed by atoms with Crippen LogP contribution in [0.3, 0.4) is 0 Å². The minimum absolute atomic E-state index is 0.261. The van der Waals surface area contributed by atoms with Crippen LogP contribution >= 0.6 is 0 Å². The van der Waals surface area contributed by atoms with Crippen molar-refractivity contribution < 1.29 is 4.39 Å². The predicted octanol–water partition coefficient (Wildman–Crippen LogP) is 3.34. The summed E-state index contributed by atoms with van der Waals surface area (Å²) in [6, 6.07) is 11.9. The van der Waals surface area contributed by atoms with Gasteiger partial charge >= 0.3 is 0 Å². The fourth-order valence-electron chi connectivity index (χ4n) is 1.90. The summed E-state index contributed by atoms with van der Waals surface area (Å²) >= 11 is 0. The van der Waals surface area contributed by atoms with Gasteiger partial charge in [-0.25, -0.2) is 14.4 Å². The molecule has 0 N–H and O–H groups in total. The molecule has 0 aliphatic carbocycles. The number of pyridine rings is 1. The van der Waals surface area contributed by atoms with Gasteiger partial charge in [0.05, 0.1) is 11.4 Å². The molecular formula is C15H10FN3. The third-order valence-corrected chi connectivity index (χ3v) is 2.78. The molecule has 0 amide bonds. The Hall–Kier alpha value is -2.62. The summed E-state index contributed by atoms with van der Waals surface area (Å²) in [5, 5.41) is 0. The van der Waals surface area contributed by atoms with Crippen molar-refractivity contribution in [3.63, 3.8) is 0 Å². The Bertz CT molecular complexity index is 681. The maximum Gasteiger partial charge on any atom is 0.123 e. The molecule has 0 bridgehead atoms. The molecule has 2 aromatic heterocycles. The molecule has 0 fully saturated rings.